The SMILES string of the molecule is CC(C)c1cccc(C(C)C)c1NC(=O)NC[C@@H](N=Cc1ccccn1)c1ccccc1. The van der Waals surface area contributed by atoms with Crippen molar-refractivity contribution in [3.05, 3.63) is 95.3 Å². The minimum atomic E-state index is -0.228. The van der Waals surface area contributed by atoms with Crippen LogP contribution in [-0.2, 0) is 0 Å². The van der Waals surface area contributed by atoms with E-state index in [2.05, 4.69) is 61.5 Å². The molecule has 0 aliphatic heterocycles. The van der Waals surface area contributed by atoms with Crippen LogP contribution in [0.3, 0.4) is 0 Å². The van der Waals surface area contributed by atoms with E-state index < -0.39 is 0 Å². The summed E-state index contributed by atoms with van der Waals surface area (Å²) >= 11 is 0. The molecular formula is C27H32N4O. The average Bonchev–Trinajstić information content (AvgIpc) is 2.80. The van der Waals surface area contributed by atoms with Gasteiger partial charge in [-0.25, -0.2) is 4.79 Å². The number of benzene rings is 2. The first-order chi connectivity index (χ1) is 15.5. The second-order valence-electron chi connectivity index (χ2n) is 8.42. The second kappa shape index (κ2) is 11.2. The monoisotopic (exact) mass is 428 g/mol. The summed E-state index contributed by atoms with van der Waals surface area (Å²) in [6.07, 6.45) is 3.49. The van der Waals surface area contributed by atoms with Crippen molar-refractivity contribution < 1.29 is 4.79 Å². The van der Waals surface area contributed by atoms with E-state index in [4.69, 9.17) is 4.99 Å². The molecule has 0 aliphatic rings. The van der Waals surface area contributed by atoms with Gasteiger partial charge in [0.25, 0.3) is 0 Å². The predicted octanol–water partition coefficient (Wildman–Crippen LogP) is 6.31. The predicted molar refractivity (Wildman–Crippen MR) is 133 cm³/mol. The highest BCUT2D eigenvalue weighted by Crippen LogP contribution is 2.32. The number of rotatable bonds is 8. The Labute approximate surface area is 191 Å². The van der Waals surface area contributed by atoms with E-state index in [9.17, 15) is 4.79 Å². The zero-order chi connectivity index (χ0) is 22.9. The number of urea groups is 1. The smallest absolute Gasteiger partial charge is 0.319 e. The summed E-state index contributed by atoms with van der Waals surface area (Å²) in [4.78, 5) is 21.9. The van der Waals surface area contributed by atoms with E-state index in [0.717, 1.165) is 28.1 Å². The van der Waals surface area contributed by atoms with Gasteiger partial charge in [0.15, 0.2) is 0 Å². The van der Waals surface area contributed by atoms with Crippen LogP contribution in [0.5, 0.6) is 0 Å². The van der Waals surface area contributed by atoms with Crippen molar-refractivity contribution in [2.24, 2.45) is 4.99 Å². The summed E-state index contributed by atoms with van der Waals surface area (Å²) in [5, 5.41) is 6.12. The van der Waals surface area contributed by atoms with E-state index in [1.165, 1.54) is 0 Å². The number of aromatic nitrogens is 1. The van der Waals surface area contributed by atoms with Crippen LogP contribution in [0, 0.1) is 0 Å². The molecule has 2 amide bonds. The van der Waals surface area contributed by atoms with Crippen LogP contribution >= 0.6 is 0 Å². The molecule has 0 spiro atoms. The Morgan fingerprint density at radius 1 is 0.906 bits per heavy atom. The van der Waals surface area contributed by atoms with Crippen LogP contribution < -0.4 is 10.6 Å². The van der Waals surface area contributed by atoms with Crippen molar-refractivity contribution in [1.29, 1.82) is 0 Å². The topological polar surface area (TPSA) is 66.4 Å². The number of anilines is 1. The highest BCUT2D eigenvalue weighted by molar-refractivity contribution is 5.91. The minimum absolute atomic E-state index is 0.214. The molecule has 0 radical (unpaired) electrons. The zero-order valence-electron chi connectivity index (χ0n) is 19.2. The summed E-state index contributed by atoms with van der Waals surface area (Å²) < 4.78 is 0. The Morgan fingerprint density at radius 3 is 2.16 bits per heavy atom. The number of amides is 2. The molecule has 0 bridgehead atoms. The quantitative estimate of drug-likeness (QED) is 0.413. The number of carbonyl (C=O) groups excluding carboxylic acids is 1. The van der Waals surface area contributed by atoms with E-state index in [1.54, 1.807) is 12.4 Å². The van der Waals surface area contributed by atoms with Crippen LogP contribution in [-0.4, -0.2) is 23.8 Å². The molecule has 5 nitrogen and oxygen atoms in total. The third kappa shape index (κ3) is 6.27. The van der Waals surface area contributed by atoms with E-state index in [-0.39, 0.29) is 12.1 Å². The van der Waals surface area contributed by atoms with Crippen molar-refractivity contribution in [3.8, 4) is 0 Å². The summed E-state index contributed by atoms with van der Waals surface area (Å²) in [6, 6.07) is 21.4. The van der Waals surface area contributed by atoms with Gasteiger partial charge in [0.2, 0.25) is 0 Å². The molecule has 0 saturated carbocycles. The van der Waals surface area contributed by atoms with Crippen molar-refractivity contribution in [2.45, 2.75) is 45.6 Å². The molecule has 2 aromatic carbocycles. The lowest BCUT2D eigenvalue weighted by Gasteiger charge is -2.21. The maximum atomic E-state index is 12.9. The molecule has 32 heavy (non-hydrogen) atoms. The third-order valence-electron chi connectivity index (χ3n) is 5.33. The Morgan fingerprint density at radius 2 is 1.56 bits per heavy atom. The van der Waals surface area contributed by atoms with Crippen LogP contribution in [0.2, 0.25) is 0 Å². The zero-order valence-corrected chi connectivity index (χ0v) is 19.2. The molecule has 1 atom stereocenters. The van der Waals surface area contributed by atoms with Gasteiger partial charge in [0.05, 0.1) is 11.7 Å². The van der Waals surface area contributed by atoms with Gasteiger partial charge in [0, 0.05) is 24.6 Å². The standard InChI is InChI=1S/C27H32N4O/c1-19(2)23-14-10-15-24(20(3)4)26(23)31-27(32)30-18-25(21-11-6-5-7-12-21)29-17-22-13-8-9-16-28-22/h5-17,19-20,25H,18H2,1-4H3,(H2,30,31,32)/t25-/m1/s1. The first-order valence-corrected chi connectivity index (χ1v) is 11.1. The Hall–Kier alpha value is -3.47. The molecule has 0 unspecified atom stereocenters. The Balaban J connectivity index is 1.75. The first-order valence-electron chi connectivity index (χ1n) is 11.1. The summed E-state index contributed by atoms with van der Waals surface area (Å²) in [5.74, 6) is 0.619. The molecule has 3 rings (SSSR count). The van der Waals surface area contributed by atoms with Gasteiger partial charge in [-0.1, -0.05) is 82.3 Å². The molecule has 166 valence electrons. The molecule has 0 saturated heterocycles. The number of aliphatic imine (C=N–C) groups is 1. The van der Waals surface area contributed by atoms with Crippen molar-refractivity contribution >= 4 is 17.9 Å². The lowest BCUT2D eigenvalue weighted by molar-refractivity contribution is 0.251. The van der Waals surface area contributed by atoms with Gasteiger partial charge in [0.1, 0.15) is 0 Å². The molecule has 0 fully saturated rings. The summed E-state index contributed by atoms with van der Waals surface area (Å²) in [6.45, 7) is 8.93. The molecule has 1 heterocycles. The highest BCUT2D eigenvalue weighted by atomic mass is 16.2. The molecule has 2 N–H and O–H groups in total. The highest BCUT2D eigenvalue weighted by Gasteiger charge is 2.17. The first kappa shape index (κ1) is 23.2. The lowest BCUT2D eigenvalue weighted by Crippen LogP contribution is -2.33. The van der Waals surface area contributed by atoms with Crippen LogP contribution in [0.4, 0.5) is 10.5 Å². The van der Waals surface area contributed by atoms with Crippen LogP contribution in [0.1, 0.15) is 68.0 Å². The number of hydrogen-bond donors (Lipinski definition) is 2. The van der Waals surface area contributed by atoms with E-state index in [0.29, 0.717) is 18.4 Å². The fraction of sp³-hybridized carbons (Fsp3) is 0.296. The average molecular weight is 429 g/mol. The second-order valence-corrected chi connectivity index (χ2v) is 8.42. The van der Waals surface area contributed by atoms with Gasteiger partial charge in [-0.15, -0.1) is 0 Å². The van der Waals surface area contributed by atoms with Crippen molar-refractivity contribution in [1.82, 2.24) is 10.3 Å². The fourth-order valence-corrected chi connectivity index (χ4v) is 3.59. The number of para-hydroxylation sites is 1. The minimum Gasteiger partial charge on any atom is -0.335 e. The van der Waals surface area contributed by atoms with Gasteiger partial charge in [-0.2, -0.15) is 0 Å². The summed E-state index contributed by atoms with van der Waals surface area (Å²) in [7, 11) is 0. The number of carbonyl (C=O) groups is 1. The largest absolute Gasteiger partial charge is 0.335 e. The van der Waals surface area contributed by atoms with Gasteiger partial charge in [-0.3, -0.25) is 9.98 Å². The Kier molecular flexibility index (Phi) is 8.14. The number of nitrogens with one attached hydrogen (secondary N) is 2. The molecule has 3 aromatic rings. The fourth-order valence-electron chi connectivity index (χ4n) is 3.59. The normalized spacial score (nSPS) is 12.3. The number of hydrogen-bond acceptors (Lipinski definition) is 3. The lowest BCUT2D eigenvalue weighted by atomic mass is 9.93. The van der Waals surface area contributed by atoms with Crippen molar-refractivity contribution in [2.75, 3.05) is 11.9 Å². The maximum absolute atomic E-state index is 12.9. The van der Waals surface area contributed by atoms with Crippen LogP contribution in [0.15, 0.2) is 77.9 Å². The van der Waals surface area contributed by atoms with Gasteiger partial charge in [-0.05, 0) is 40.7 Å². The molecule has 0 aliphatic carbocycles. The Bertz CT molecular complexity index is 1000. The molecular weight excluding hydrogens is 396 g/mol. The van der Waals surface area contributed by atoms with Crippen LogP contribution in [0.25, 0.3) is 0 Å². The van der Waals surface area contributed by atoms with Gasteiger partial charge < -0.3 is 10.6 Å². The van der Waals surface area contributed by atoms with E-state index >= 15 is 0 Å². The molecule has 5 heteroatoms. The van der Waals surface area contributed by atoms with Gasteiger partial charge >= 0.3 is 6.03 Å². The number of nitrogens with zero attached hydrogens (tertiary/aromatic N) is 2. The maximum Gasteiger partial charge on any atom is 0.319 e. The van der Waals surface area contributed by atoms with Crippen molar-refractivity contribution in [3.63, 3.8) is 0 Å². The van der Waals surface area contributed by atoms with E-state index in [1.807, 2.05) is 48.5 Å². The summed E-state index contributed by atoms with van der Waals surface area (Å²) in [5.41, 5.74) is 5.00. The number of pyridine rings is 1. The molecule has 1 aromatic heterocycles. The third-order valence-corrected chi connectivity index (χ3v) is 5.33.